The Morgan fingerprint density at radius 2 is 2.11 bits per heavy atom. The zero-order valence-electron chi connectivity index (χ0n) is 15.5. The average Bonchev–Trinajstić information content (AvgIpc) is 2.65. The fraction of sp³-hybridized carbons (Fsp3) is 0.333. The number of rotatable bonds is 7. The zero-order chi connectivity index (χ0) is 20.0. The van der Waals surface area contributed by atoms with E-state index in [4.69, 9.17) is 14.8 Å². The highest BCUT2D eigenvalue weighted by Crippen LogP contribution is 2.27. The molecule has 0 aliphatic carbocycles. The van der Waals surface area contributed by atoms with Crippen LogP contribution in [0.5, 0.6) is 5.88 Å². The lowest BCUT2D eigenvalue weighted by molar-refractivity contribution is -0.0523. The SMILES string of the molecule is CNc1nc(-c2cccc(C#N)c2)nc(OC)c1C(=O)NOCC(C)(C)O. The van der Waals surface area contributed by atoms with Crippen molar-refractivity contribution in [2.24, 2.45) is 0 Å². The van der Waals surface area contributed by atoms with E-state index in [1.807, 2.05) is 0 Å². The van der Waals surface area contributed by atoms with Crippen molar-refractivity contribution in [1.29, 1.82) is 5.26 Å². The lowest BCUT2D eigenvalue weighted by Crippen LogP contribution is -2.34. The summed E-state index contributed by atoms with van der Waals surface area (Å²) in [7, 11) is 2.98. The number of amides is 1. The smallest absolute Gasteiger partial charge is 0.284 e. The number of methoxy groups -OCH3 is 1. The van der Waals surface area contributed by atoms with Crippen LogP contribution >= 0.6 is 0 Å². The van der Waals surface area contributed by atoms with Crippen LogP contribution in [-0.2, 0) is 4.84 Å². The van der Waals surface area contributed by atoms with E-state index in [2.05, 4.69) is 26.8 Å². The van der Waals surface area contributed by atoms with Gasteiger partial charge in [-0.05, 0) is 26.0 Å². The summed E-state index contributed by atoms with van der Waals surface area (Å²) >= 11 is 0. The second-order valence-electron chi connectivity index (χ2n) is 6.26. The van der Waals surface area contributed by atoms with Crippen molar-refractivity contribution in [3.05, 3.63) is 35.4 Å². The fourth-order valence-corrected chi connectivity index (χ4v) is 2.16. The summed E-state index contributed by atoms with van der Waals surface area (Å²) in [6, 6.07) is 8.83. The number of nitrogens with one attached hydrogen (secondary N) is 2. The molecule has 3 N–H and O–H groups in total. The summed E-state index contributed by atoms with van der Waals surface area (Å²) in [5.41, 5.74) is 2.26. The molecule has 0 aliphatic rings. The Kier molecular flexibility index (Phi) is 6.28. The number of hydrogen-bond acceptors (Lipinski definition) is 8. The molecule has 1 aromatic carbocycles. The number of aromatic nitrogens is 2. The summed E-state index contributed by atoms with van der Waals surface area (Å²) in [4.78, 5) is 26.1. The van der Waals surface area contributed by atoms with E-state index in [9.17, 15) is 9.90 Å². The van der Waals surface area contributed by atoms with Gasteiger partial charge in [-0.25, -0.2) is 10.5 Å². The minimum Gasteiger partial charge on any atom is -0.480 e. The first kappa shape index (κ1) is 20.1. The van der Waals surface area contributed by atoms with E-state index in [0.717, 1.165) is 0 Å². The molecule has 142 valence electrons. The molecule has 0 bridgehead atoms. The van der Waals surface area contributed by atoms with Crippen molar-refractivity contribution < 1.29 is 19.5 Å². The van der Waals surface area contributed by atoms with E-state index in [1.165, 1.54) is 7.11 Å². The third-order valence-electron chi connectivity index (χ3n) is 3.37. The molecular formula is C18H21N5O4. The van der Waals surface area contributed by atoms with Gasteiger partial charge in [-0.1, -0.05) is 12.1 Å². The number of nitrogens with zero attached hydrogens (tertiary/aromatic N) is 3. The van der Waals surface area contributed by atoms with Crippen LogP contribution in [0.3, 0.4) is 0 Å². The predicted octanol–water partition coefficient (Wildman–Crippen LogP) is 1.50. The molecule has 2 aromatic rings. The van der Waals surface area contributed by atoms with Crippen molar-refractivity contribution in [2.75, 3.05) is 26.1 Å². The third kappa shape index (κ3) is 5.13. The van der Waals surface area contributed by atoms with Crippen LogP contribution in [0.25, 0.3) is 11.4 Å². The Morgan fingerprint density at radius 1 is 1.37 bits per heavy atom. The van der Waals surface area contributed by atoms with E-state index >= 15 is 0 Å². The summed E-state index contributed by atoms with van der Waals surface area (Å²) in [6.07, 6.45) is 0. The molecule has 27 heavy (non-hydrogen) atoms. The molecule has 0 saturated carbocycles. The van der Waals surface area contributed by atoms with Gasteiger partial charge in [0.05, 0.1) is 24.3 Å². The first-order valence-corrected chi connectivity index (χ1v) is 8.08. The van der Waals surface area contributed by atoms with Gasteiger partial charge in [0.2, 0.25) is 5.88 Å². The van der Waals surface area contributed by atoms with Crippen molar-refractivity contribution in [1.82, 2.24) is 15.4 Å². The molecule has 0 radical (unpaired) electrons. The van der Waals surface area contributed by atoms with Crippen molar-refractivity contribution in [3.8, 4) is 23.3 Å². The average molecular weight is 371 g/mol. The second kappa shape index (κ2) is 8.44. The topological polar surface area (TPSA) is 129 Å². The minimum atomic E-state index is -1.10. The predicted molar refractivity (Wildman–Crippen MR) is 98.0 cm³/mol. The molecule has 1 heterocycles. The quantitative estimate of drug-likeness (QED) is 0.624. The first-order chi connectivity index (χ1) is 12.8. The molecule has 9 heteroatoms. The maximum absolute atomic E-state index is 12.5. The van der Waals surface area contributed by atoms with E-state index in [-0.39, 0.29) is 23.9 Å². The summed E-state index contributed by atoms with van der Waals surface area (Å²) < 4.78 is 5.25. The molecule has 0 unspecified atom stereocenters. The maximum Gasteiger partial charge on any atom is 0.284 e. The monoisotopic (exact) mass is 371 g/mol. The van der Waals surface area contributed by atoms with Crippen molar-refractivity contribution in [3.63, 3.8) is 0 Å². The Morgan fingerprint density at radius 3 is 2.70 bits per heavy atom. The van der Waals surface area contributed by atoms with Crippen LogP contribution in [0.2, 0.25) is 0 Å². The van der Waals surface area contributed by atoms with Crippen LogP contribution in [0.15, 0.2) is 24.3 Å². The molecule has 9 nitrogen and oxygen atoms in total. The molecule has 0 atom stereocenters. The van der Waals surface area contributed by atoms with Crippen molar-refractivity contribution in [2.45, 2.75) is 19.4 Å². The summed E-state index contributed by atoms with van der Waals surface area (Å²) in [5, 5.41) is 21.5. The van der Waals surface area contributed by atoms with Crippen LogP contribution < -0.4 is 15.5 Å². The number of anilines is 1. The number of carbonyl (C=O) groups excluding carboxylic acids is 1. The normalized spacial score (nSPS) is 10.8. The Balaban J connectivity index is 2.38. The van der Waals surface area contributed by atoms with Gasteiger partial charge < -0.3 is 15.2 Å². The number of ether oxygens (including phenoxy) is 1. The lowest BCUT2D eigenvalue weighted by atomic mass is 10.1. The molecule has 0 aliphatic heterocycles. The Hall–Kier alpha value is -3.22. The Bertz CT molecular complexity index is 846. The number of hydrogen-bond donors (Lipinski definition) is 3. The van der Waals surface area contributed by atoms with Gasteiger partial charge in [-0.15, -0.1) is 0 Å². The van der Waals surface area contributed by atoms with E-state index in [1.54, 1.807) is 45.2 Å². The molecule has 0 saturated heterocycles. The van der Waals surface area contributed by atoms with Crippen LogP contribution in [0.1, 0.15) is 29.8 Å². The van der Waals surface area contributed by atoms with E-state index < -0.39 is 11.5 Å². The number of nitriles is 1. The third-order valence-corrected chi connectivity index (χ3v) is 3.37. The number of hydroxylamine groups is 1. The zero-order valence-corrected chi connectivity index (χ0v) is 15.5. The molecule has 2 rings (SSSR count). The summed E-state index contributed by atoms with van der Waals surface area (Å²) in [6.45, 7) is 2.99. The van der Waals surface area contributed by atoms with Crippen LogP contribution in [-0.4, -0.2) is 47.3 Å². The largest absolute Gasteiger partial charge is 0.480 e. The number of aliphatic hydroxyl groups is 1. The fourth-order valence-electron chi connectivity index (χ4n) is 2.16. The van der Waals surface area contributed by atoms with Crippen LogP contribution in [0, 0.1) is 11.3 Å². The standard InChI is InChI=1S/C18H21N5O4/c1-18(2,25)10-27-23-16(24)13-15(20-3)21-14(22-17(13)26-4)12-7-5-6-11(8-12)9-19/h5-8,25H,10H2,1-4H3,(H,23,24)(H,20,21,22). The molecule has 0 spiro atoms. The van der Waals surface area contributed by atoms with Gasteiger partial charge in [0, 0.05) is 12.6 Å². The van der Waals surface area contributed by atoms with Crippen molar-refractivity contribution >= 4 is 11.7 Å². The minimum absolute atomic E-state index is 0.0380. The molecule has 1 amide bonds. The van der Waals surface area contributed by atoms with Gasteiger partial charge in [0.25, 0.3) is 5.91 Å². The number of carbonyl (C=O) groups is 1. The highest BCUT2D eigenvalue weighted by molar-refractivity contribution is 6.00. The van der Waals surface area contributed by atoms with Gasteiger partial charge in [-0.3, -0.25) is 9.63 Å². The van der Waals surface area contributed by atoms with Gasteiger partial charge in [-0.2, -0.15) is 10.2 Å². The molecular weight excluding hydrogens is 350 g/mol. The highest BCUT2D eigenvalue weighted by atomic mass is 16.7. The maximum atomic E-state index is 12.5. The van der Waals surface area contributed by atoms with Crippen LogP contribution in [0.4, 0.5) is 5.82 Å². The Labute approximate surface area is 156 Å². The summed E-state index contributed by atoms with van der Waals surface area (Å²) in [5.74, 6) is -0.0697. The highest BCUT2D eigenvalue weighted by Gasteiger charge is 2.23. The second-order valence-corrected chi connectivity index (χ2v) is 6.26. The van der Waals surface area contributed by atoms with Gasteiger partial charge in [0.15, 0.2) is 5.82 Å². The number of benzene rings is 1. The first-order valence-electron chi connectivity index (χ1n) is 8.08. The van der Waals surface area contributed by atoms with Gasteiger partial charge in [0.1, 0.15) is 18.0 Å². The van der Waals surface area contributed by atoms with E-state index in [0.29, 0.717) is 17.0 Å². The lowest BCUT2D eigenvalue weighted by Gasteiger charge is -2.18. The van der Waals surface area contributed by atoms with Gasteiger partial charge >= 0.3 is 0 Å². The molecule has 1 aromatic heterocycles. The molecule has 0 fully saturated rings.